The van der Waals surface area contributed by atoms with Crippen molar-refractivity contribution in [2.24, 2.45) is 0 Å². The molecule has 2 aromatic rings. The third kappa shape index (κ3) is 4.18. The van der Waals surface area contributed by atoms with E-state index in [1.165, 1.54) is 25.1 Å². The minimum absolute atomic E-state index is 0.187. The first kappa shape index (κ1) is 19.9. The van der Waals surface area contributed by atoms with Crippen molar-refractivity contribution in [1.82, 2.24) is 5.32 Å². The molecule has 0 saturated heterocycles. The summed E-state index contributed by atoms with van der Waals surface area (Å²) < 4.78 is 10.6. The molecule has 0 unspecified atom stereocenters. The molecule has 146 valence electrons. The fraction of sp³-hybridized carbons (Fsp3) is 0.400. The summed E-state index contributed by atoms with van der Waals surface area (Å²) in [5.74, 6) is -1.81. The number of carbonyl (C=O) groups is 2. The number of fused-ring (bicyclic) bond motifs is 1. The van der Waals surface area contributed by atoms with Gasteiger partial charge in [0.15, 0.2) is 11.5 Å². The second-order valence-corrected chi connectivity index (χ2v) is 7.34. The highest BCUT2D eigenvalue weighted by atomic mass is 35.5. The van der Waals surface area contributed by atoms with Gasteiger partial charge in [-0.3, -0.25) is 9.59 Å². The summed E-state index contributed by atoms with van der Waals surface area (Å²) in [7, 11) is 0. The number of halogens is 1. The lowest BCUT2D eigenvalue weighted by Gasteiger charge is -2.32. The zero-order valence-electron chi connectivity index (χ0n) is 15.3. The molecule has 7 nitrogen and oxygen atoms in total. The van der Waals surface area contributed by atoms with Crippen molar-refractivity contribution >= 4 is 34.4 Å². The molecule has 1 N–H and O–H groups in total. The van der Waals surface area contributed by atoms with Crippen LogP contribution in [-0.2, 0) is 9.53 Å². The van der Waals surface area contributed by atoms with Crippen molar-refractivity contribution < 1.29 is 18.7 Å². The Morgan fingerprint density at radius 1 is 1.29 bits per heavy atom. The largest absolute Gasteiger partial charge is 0.449 e. The summed E-state index contributed by atoms with van der Waals surface area (Å²) in [5.41, 5.74) is -1.19. The van der Waals surface area contributed by atoms with Gasteiger partial charge in [0.05, 0.1) is 11.5 Å². The predicted molar refractivity (Wildman–Crippen MR) is 102 cm³/mol. The molecule has 3 rings (SSSR count). The molecule has 0 aliphatic heterocycles. The fourth-order valence-corrected chi connectivity index (χ4v) is 3.43. The third-order valence-electron chi connectivity index (χ3n) is 4.83. The molecule has 1 aliphatic carbocycles. The number of hydrogen-bond donors (Lipinski definition) is 1. The van der Waals surface area contributed by atoms with E-state index in [0.29, 0.717) is 17.9 Å². The van der Waals surface area contributed by atoms with Gasteiger partial charge in [-0.2, -0.15) is 5.26 Å². The zero-order valence-corrected chi connectivity index (χ0v) is 16.0. The number of esters is 1. The van der Waals surface area contributed by atoms with Crippen LogP contribution >= 0.6 is 11.6 Å². The Morgan fingerprint density at radius 3 is 2.68 bits per heavy atom. The van der Waals surface area contributed by atoms with E-state index in [4.69, 9.17) is 20.8 Å². The normalized spacial score (nSPS) is 16.8. The topological polar surface area (TPSA) is 109 Å². The predicted octanol–water partition coefficient (Wildman–Crippen LogP) is 3.33. The number of carbonyl (C=O) groups excluding carboxylic acids is 2. The zero-order chi connectivity index (χ0) is 20.3. The van der Waals surface area contributed by atoms with E-state index in [-0.39, 0.29) is 16.7 Å². The molecule has 0 bridgehead atoms. The first-order valence-electron chi connectivity index (χ1n) is 9.01. The highest BCUT2D eigenvalue weighted by Gasteiger charge is 2.35. The first-order chi connectivity index (χ1) is 13.3. The maximum Gasteiger partial charge on any atom is 0.375 e. The molecule has 0 spiro atoms. The molecule has 28 heavy (non-hydrogen) atoms. The first-order valence-corrected chi connectivity index (χ1v) is 9.39. The summed E-state index contributed by atoms with van der Waals surface area (Å²) in [5, 5.41) is 12.8. The number of nitrogens with zero attached hydrogens (tertiary/aromatic N) is 1. The van der Waals surface area contributed by atoms with Crippen LogP contribution in [0.25, 0.3) is 11.0 Å². The molecule has 1 heterocycles. The Labute approximate surface area is 166 Å². The van der Waals surface area contributed by atoms with Crippen molar-refractivity contribution in [1.29, 1.82) is 5.26 Å². The SMILES string of the molecule is C[C@H](OC(=O)c1cc(=O)c2cc(Cl)ccc2o1)C(=O)NC1(C#N)CCCCC1. The molecule has 1 aromatic heterocycles. The second-order valence-electron chi connectivity index (χ2n) is 6.91. The van der Waals surface area contributed by atoms with Gasteiger partial charge in [-0.05, 0) is 38.0 Å². The quantitative estimate of drug-likeness (QED) is 0.785. The van der Waals surface area contributed by atoms with Gasteiger partial charge >= 0.3 is 5.97 Å². The average Bonchev–Trinajstić information content (AvgIpc) is 2.69. The van der Waals surface area contributed by atoms with E-state index in [9.17, 15) is 19.6 Å². The van der Waals surface area contributed by atoms with E-state index >= 15 is 0 Å². The molecule has 1 atom stereocenters. The maximum atomic E-state index is 12.4. The number of nitriles is 1. The fourth-order valence-electron chi connectivity index (χ4n) is 3.26. The van der Waals surface area contributed by atoms with Crippen molar-refractivity contribution in [2.75, 3.05) is 0 Å². The Balaban J connectivity index is 1.72. The molecule has 1 fully saturated rings. The van der Waals surface area contributed by atoms with Crippen LogP contribution in [0.2, 0.25) is 5.02 Å². The van der Waals surface area contributed by atoms with E-state index < -0.39 is 28.9 Å². The van der Waals surface area contributed by atoms with Crippen molar-refractivity contribution in [3.63, 3.8) is 0 Å². The second kappa shape index (κ2) is 8.03. The van der Waals surface area contributed by atoms with E-state index in [1.54, 1.807) is 0 Å². The number of hydrogen-bond acceptors (Lipinski definition) is 6. The monoisotopic (exact) mass is 402 g/mol. The summed E-state index contributed by atoms with van der Waals surface area (Å²) >= 11 is 5.86. The van der Waals surface area contributed by atoms with Gasteiger partial charge in [-0.25, -0.2) is 4.79 Å². The smallest absolute Gasteiger partial charge is 0.375 e. The summed E-state index contributed by atoms with van der Waals surface area (Å²) in [4.78, 5) is 36.9. The van der Waals surface area contributed by atoms with Gasteiger partial charge in [0, 0.05) is 11.1 Å². The van der Waals surface area contributed by atoms with Crippen LogP contribution in [0.3, 0.4) is 0 Å². The lowest BCUT2D eigenvalue weighted by Crippen LogP contribution is -2.52. The number of rotatable bonds is 4. The van der Waals surface area contributed by atoms with Crippen LogP contribution in [0.4, 0.5) is 0 Å². The highest BCUT2D eigenvalue weighted by Crippen LogP contribution is 2.27. The average molecular weight is 403 g/mol. The van der Waals surface area contributed by atoms with Crippen LogP contribution in [0.1, 0.15) is 49.6 Å². The third-order valence-corrected chi connectivity index (χ3v) is 5.06. The van der Waals surface area contributed by atoms with Gasteiger partial charge in [-0.1, -0.05) is 30.9 Å². The molecule has 1 saturated carbocycles. The van der Waals surface area contributed by atoms with Crippen molar-refractivity contribution in [2.45, 2.75) is 50.7 Å². The van der Waals surface area contributed by atoms with Gasteiger partial charge < -0.3 is 14.5 Å². The number of nitrogens with one attached hydrogen (secondary N) is 1. The Hall–Kier alpha value is -2.85. The Kier molecular flexibility index (Phi) is 5.71. The highest BCUT2D eigenvalue weighted by molar-refractivity contribution is 6.31. The Morgan fingerprint density at radius 2 is 2.00 bits per heavy atom. The van der Waals surface area contributed by atoms with E-state index in [0.717, 1.165) is 25.3 Å². The molecule has 8 heteroatoms. The molecular formula is C20H19ClN2O5. The lowest BCUT2D eigenvalue weighted by atomic mass is 9.83. The van der Waals surface area contributed by atoms with Crippen LogP contribution in [0.15, 0.2) is 33.5 Å². The standard InChI is InChI=1S/C20H19ClN2O5/c1-12(18(25)23-20(11-22)7-3-2-4-8-20)27-19(26)17-10-15(24)14-9-13(21)5-6-16(14)28-17/h5-6,9-10,12H,2-4,7-8H2,1H3,(H,23,25)/t12-/m0/s1. The number of ether oxygens (including phenoxy) is 1. The summed E-state index contributed by atoms with van der Waals surface area (Å²) in [6.07, 6.45) is 2.72. The van der Waals surface area contributed by atoms with E-state index in [2.05, 4.69) is 11.4 Å². The molecular weight excluding hydrogens is 384 g/mol. The van der Waals surface area contributed by atoms with Gasteiger partial charge in [0.2, 0.25) is 5.76 Å². The molecule has 0 radical (unpaired) electrons. The maximum absolute atomic E-state index is 12.4. The molecule has 1 aliphatic rings. The van der Waals surface area contributed by atoms with Crippen LogP contribution in [0, 0.1) is 11.3 Å². The number of amides is 1. The number of benzene rings is 1. The summed E-state index contributed by atoms with van der Waals surface area (Å²) in [6, 6.07) is 7.63. The molecule has 1 amide bonds. The van der Waals surface area contributed by atoms with Crippen LogP contribution in [-0.4, -0.2) is 23.5 Å². The minimum atomic E-state index is -1.15. The Bertz CT molecular complexity index is 1020. The van der Waals surface area contributed by atoms with E-state index in [1.807, 2.05) is 0 Å². The molecule has 1 aromatic carbocycles. The summed E-state index contributed by atoms with van der Waals surface area (Å²) in [6.45, 7) is 1.40. The lowest BCUT2D eigenvalue weighted by molar-refractivity contribution is -0.130. The van der Waals surface area contributed by atoms with Crippen molar-refractivity contribution in [3.05, 3.63) is 45.3 Å². The van der Waals surface area contributed by atoms with Gasteiger partial charge in [0.1, 0.15) is 11.1 Å². The minimum Gasteiger partial charge on any atom is -0.449 e. The van der Waals surface area contributed by atoms with Gasteiger partial charge in [-0.15, -0.1) is 0 Å². The van der Waals surface area contributed by atoms with Gasteiger partial charge in [0.25, 0.3) is 5.91 Å². The van der Waals surface area contributed by atoms with Crippen molar-refractivity contribution in [3.8, 4) is 6.07 Å². The van der Waals surface area contributed by atoms with Crippen LogP contribution in [0.5, 0.6) is 0 Å². The van der Waals surface area contributed by atoms with Crippen LogP contribution < -0.4 is 10.7 Å².